The Labute approximate surface area is 87.7 Å². The van der Waals surface area contributed by atoms with Crippen LogP contribution in [0.25, 0.3) is 10.9 Å². The molecule has 1 aromatic carbocycles. The number of hydrogen-bond donors (Lipinski definition) is 2. The van der Waals surface area contributed by atoms with Crippen LogP contribution in [0, 0.1) is 12.7 Å². The minimum Gasteiger partial charge on any atom is -0.386 e. The van der Waals surface area contributed by atoms with Crippen LogP contribution in [0.5, 0.6) is 0 Å². The minimum atomic E-state index is -1.02. The van der Waals surface area contributed by atoms with E-state index in [1.54, 1.807) is 20.0 Å². The number of aromatic nitrogens is 1. The number of fused-ring (bicyclic) bond motifs is 1. The molecule has 0 amide bonds. The van der Waals surface area contributed by atoms with Gasteiger partial charge in [-0.1, -0.05) is 0 Å². The van der Waals surface area contributed by atoms with Gasteiger partial charge in [0.05, 0.1) is 11.1 Å². The molecule has 1 aromatic heterocycles. The van der Waals surface area contributed by atoms with E-state index in [-0.39, 0.29) is 5.82 Å². The van der Waals surface area contributed by atoms with Crippen LogP contribution in [0.1, 0.15) is 25.0 Å². The standard InChI is InChI=1S/C12H14FNO/c1-7-6-14-11-9(7)4-8(5-10(11)13)12(2,3)15/h4-6,14-15H,1-3H3. The van der Waals surface area contributed by atoms with Crippen LogP contribution in [-0.2, 0) is 5.60 Å². The third-order valence-corrected chi connectivity index (χ3v) is 2.65. The average Bonchev–Trinajstić information content (AvgIpc) is 2.47. The van der Waals surface area contributed by atoms with Crippen molar-refractivity contribution in [2.24, 2.45) is 0 Å². The van der Waals surface area contributed by atoms with E-state index in [0.29, 0.717) is 11.1 Å². The predicted octanol–water partition coefficient (Wildman–Crippen LogP) is 2.84. The number of nitrogens with one attached hydrogen (secondary N) is 1. The van der Waals surface area contributed by atoms with Crippen LogP contribution in [0.2, 0.25) is 0 Å². The third kappa shape index (κ3) is 1.63. The Morgan fingerprint density at radius 2 is 2.00 bits per heavy atom. The fourth-order valence-corrected chi connectivity index (χ4v) is 1.68. The van der Waals surface area contributed by atoms with Crippen molar-refractivity contribution in [2.45, 2.75) is 26.4 Å². The topological polar surface area (TPSA) is 36.0 Å². The maximum Gasteiger partial charge on any atom is 0.147 e. The Balaban J connectivity index is 2.76. The molecule has 80 valence electrons. The maximum atomic E-state index is 13.6. The number of benzene rings is 1. The summed E-state index contributed by atoms with van der Waals surface area (Å²) >= 11 is 0. The first-order valence-corrected chi connectivity index (χ1v) is 4.89. The molecule has 0 unspecified atom stereocenters. The van der Waals surface area contributed by atoms with E-state index in [4.69, 9.17) is 0 Å². The lowest BCUT2D eigenvalue weighted by Gasteiger charge is -2.18. The van der Waals surface area contributed by atoms with Crippen LogP contribution in [-0.4, -0.2) is 10.1 Å². The molecule has 2 rings (SSSR count). The highest BCUT2D eigenvalue weighted by Crippen LogP contribution is 2.27. The van der Waals surface area contributed by atoms with Crippen molar-refractivity contribution in [3.63, 3.8) is 0 Å². The molecule has 1 heterocycles. The molecule has 2 aromatic rings. The lowest BCUT2D eigenvalue weighted by Crippen LogP contribution is -2.15. The summed E-state index contributed by atoms with van der Waals surface area (Å²) in [6, 6.07) is 3.20. The van der Waals surface area contributed by atoms with Gasteiger partial charge < -0.3 is 10.1 Å². The van der Waals surface area contributed by atoms with Crippen molar-refractivity contribution in [3.05, 3.63) is 35.3 Å². The zero-order valence-electron chi connectivity index (χ0n) is 9.06. The van der Waals surface area contributed by atoms with Crippen LogP contribution in [0.4, 0.5) is 4.39 Å². The summed E-state index contributed by atoms with van der Waals surface area (Å²) in [5, 5.41) is 10.7. The van der Waals surface area contributed by atoms with Crippen molar-refractivity contribution in [1.29, 1.82) is 0 Å². The second kappa shape index (κ2) is 3.07. The number of halogens is 1. The number of aliphatic hydroxyl groups is 1. The largest absolute Gasteiger partial charge is 0.386 e. The summed E-state index contributed by atoms with van der Waals surface area (Å²) < 4.78 is 13.6. The highest BCUT2D eigenvalue weighted by molar-refractivity contribution is 5.84. The Morgan fingerprint density at radius 1 is 1.33 bits per heavy atom. The molecule has 0 fully saturated rings. The molecule has 0 saturated heterocycles. The molecule has 0 atom stereocenters. The molecular formula is C12H14FNO. The van der Waals surface area contributed by atoms with Crippen LogP contribution in [0.3, 0.4) is 0 Å². The molecular weight excluding hydrogens is 193 g/mol. The first-order chi connectivity index (χ1) is 6.89. The first-order valence-electron chi connectivity index (χ1n) is 4.89. The maximum absolute atomic E-state index is 13.6. The summed E-state index contributed by atoms with van der Waals surface area (Å²) in [7, 11) is 0. The van der Waals surface area contributed by atoms with Gasteiger partial charge in [0.1, 0.15) is 5.82 Å². The van der Waals surface area contributed by atoms with Gasteiger partial charge in [-0.05, 0) is 44.0 Å². The first kappa shape index (κ1) is 10.2. The smallest absolute Gasteiger partial charge is 0.147 e. The monoisotopic (exact) mass is 207 g/mol. The van der Waals surface area contributed by atoms with E-state index in [1.807, 2.05) is 13.0 Å². The predicted molar refractivity (Wildman–Crippen MR) is 58.2 cm³/mol. The Bertz CT molecular complexity index is 508. The second-order valence-corrected chi connectivity index (χ2v) is 4.41. The molecule has 0 spiro atoms. The van der Waals surface area contributed by atoms with Crippen molar-refractivity contribution in [1.82, 2.24) is 4.98 Å². The van der Waals surface area contributed by atoms with Crippen molar-refractivity contribution in [3.8, 4) is 0 Å². The number of hydrogen-bond acceptors (Lipinski definition) is 1. The normalized spacial score (nSPS) is 12.3. The van der Waals surface area contributed by atoms with Gasteiger partial charge in [-0.15, -0.1) is 0 Å². The summed E-state index contributed by atoms with van der Waals surface area (Å²) in [6.07, 6.45) is 1.77. The zero-order valence-corrected chi connectivity index (χ0v) is 9.06. The van der Waals surface area contributed by atoms with Crippen LogP contribution in [0.15, 0.2) is 18.3 Å². The highest BCUT2D eigenvalue weighted by Gasteiger charge is 2.19. The minimum absolute atomic E-state index is 0.322. The molecule has 0 radical (unpaired) electrons. The molecule has 3 heteroatoms. The van der Waals surface area contributed by atoms with Gasteiger partial charge in [0, 0.05) is 11.6 Å². The van der Waals surface area contributed by atoms with E-state index in [1.165, 1.54) is 6.07 Å². The SMILES string of the molecule is Cc1c[nH]c2c(F)cc(C(C)(C)O)cc12. The van der Waals surface area contributed by atoms with Gasteiger partial charge in [0.15, 0.2) is 0 Å². The van der Waals surface area contributed by atoms with E-state index in [2.05, 4.69) is 4.98 Å². The third-order valence-electron chi connectivity index (χ3n) is 2.65. The average molecular weight is 207 g/mol. The Kier molecular flexibility index (Phi) is 2.08. The number of H-pyrrole nitrogens is 1. The quantitative estimate of drug-likeness (QED) is 0.741. The molecule has 15 heavy (non-hydrogen) atoms. The molecule has 2 N–H and O–H groups in total. The fourth-order valence-electron chi connectivity index (χ4n) is 1.68. The molecule has 0 aliphatic heterocycles. The summed E-state index contributed by atoms with van der Waals surface area (Å²) in [6.45, 7) is 5.21. The number of aryl methyl sites for hydroxylation is 1. The van der Waals surface area contributed by atoms with E-state index < -0.39 is 5.60 Å². The van der Waals surface area contributed by atoms with Crippen molar-refractivity contribution in [2.75, 3.05) is 0 Å². The van der Waals surface area contributed by atoms with E-state index in [9.17, 15) is 9.50 Å². The second-order valence-electron chi connectivity index (χ2n) is 4.41. The highest BCUT2D eigenvalue weighted by atomic mass is 19.1. The lowest BCUT2D eigenvalue weighted by atomic mass is 9.96. The number of rotatable bonds is 1. The van der Waals surface area contributed by atoms with Gasteiger partial charge >= 0.3 is 0 Å². The molecule has 2 nitrogen and oxygen atoms in total. The van der Waals surface area contributed by atoms with Crippen LogP contribution >= 0.6 is 0 Å². The molecule has 0 aliphatic rings. The van der Waals surface area contributed by atoms with Crippen LogP contribution < -0.4 is 0 Å². The number of aromatic amines is 1. The summed E-state index contributed by atoms with van der Waals surface area (Å²) in [5.74, 6) is -0.322. The van der Waals surface area contributed by atoms with Gasteiger partial charge in [-0.2, -0.15) is 0 Å². The Morgan fingerprint density at radius 3 is 2.60 bits per heavy atom. The van der Waals surface area contributed by atoms with Gasteiger partial charge in [-0.25, -0.2) is 4.39 Å². The fraction of sp³-hybridized carbons (Fsp3) is 0.333. The molecule has 0 bridgehead atoms. The lowest BCUT2D eigenvalue weighted by molar-refractivity contribution is 0.0784. The summed E-state index contributed by atoms with van der Waals surface area (Å²) in [4.78, 5) is 2.88. The van der Waals surface area contributed by atoms with E-state index >= 15 is 0 Å². The van der Waals surface area contributed by atoms with Gasteiger partial charge in [-0.3, -0.25) is 0 Å². The van der Waals surface area contributed by atoms with Gasteiger partial charge in [0.25, 0.3) is 0 Å². The molecule has 0 aliphatic carbocycles. The zero-order chi connectivity index (χ0) is 11.2. The van der Waals surface area contributed by atoms with Crippen molar-refractivity contribution >= 4 is 10.9 Å². The Hall–Kier alpha value is -1.35. The molecule has 0 saturated carbocycles. The van der Waals surface area contributed by atoms with Gasteiger partial charge in [0.2, 0.25) is 0 Å². The van der Waals surface area contributed by atoms with E-state index in [0.717, 1.165) is 10.9 Å². The summed E-state index contributed by atoms with van der Waals surface area (Å²) in [5.41, 5.74) is 1.06. The van der Waals surface area contributed by atoms with Crippen molar-refractivity contribution < 1.29 is 9.50 Å².